The van der Waals surface area contributed by atoms with Gasteiger partial charge in [0.15, 0.2) is 0 Å². The van der Waals surface area contributed by atoms with E-state index in [-0.39, 0.29) is 11.9 Å². The van der Waals surface area contributed by atoms with Crippen LogP contribution in [-0.4, -0.2) is 39.2 Å². The van der Waals surface area contributed by atoms with Gasteiger partial charge in [0.05, 0.1) is 24.4 Å². The van der Waals surface area contributed by atoms with Crippen molar-refractivity contribution in [3.63, 3.8) is 0 Å². The molecule has 5 nitrogen and oxygen atoms in total. The molecule has 94 valence electrons. The maximum atomic E-state index is 12.2. The van der Waals surface area contributed by atoms with Crippen molar-refractivity contribution in [1.29, 1.82) is 0 Å². The Hall–Kier alpha value is -1.49. The fraction of sp³-hybridized carbons (Fsp3) is 0.583. The second-order valence-corrected chi connectivity index (χ2v) is 5.32. The van der Waals surface area contributed by atoms with Crippen LogP contribution in [0.25, 0.3) is 0 Å². The number of aromatic nitrogens is 1. The SMILES string of the molecule is CC(C)n1cc(N)cc1C(=O)N1CC(C)(O)C1. The van der Waals surface area contributed by atoms with Crippen molar-refractivity contribution in [2.45, 2.75) is 32.4 Å². The number of aliphatic hydroxyl groups is 1. The Balaban J connectivity index is 2.20. The Bertz CT molecular complexity index is 441. The van der Waals surface area contributed by atoms with Gasteiger partial charge in [0.25, 0.3) is 5.91 Å². The largest absolute Gasteiger partial charge is 0.397 e. The number of hydrogen-bond donors (Lipinski definition) is 2. The van der Waals surface area contributed by atoms with E-state index >= 15 is 0 Å². The number of likely N-dealkylation sites (tertiary alicyclic amines) is 1. The summed E-state index contributed by atoms with van der Waals surface area (Å²) in [6, 6.07) is 1.88. The predicted octanol–water partition coefficient (Wildman–Crippen LogP) is 0.858. The van der Waals surface area contributed by atoms with Gasteiger partial charge in [0, 0.05) is 12.2 Å². The highest BCUT2D eigenvalue weighted by Gasteiger charge is 2.40. The van der Waals surface area contributed by atoms with Crippen molar-refractivity contribution in [3.8, 4) is 0 Å². The Kier molecular flexibility index (Phi) is 2.66. The maximum Gasteiger partial charge on any atom is 0.270 e. The minimum absolute atomic E-state index is 0.0677. The highest BCUT2D eigenvalue weighted by atomic mass is 16.3. The molecule has 3 N–H and O–H groups in total. The molecule has 2 heterocycles. The standard InChI is InChI=1S/C12H19N3O2/c1-8(2)15-5-9(13)4-10(15)11(16)14-6-12(3,17)7-14/h4-5,8,17H,6-7,13H2,1-3H3. The zero-order valence-electron chi connectivity index (χ0n) is 10.5. The molecule has 0 bridgehead atoms. The molecule has 0 aromatic carbocycles. The minimum Gasteiger partial charge on any atom is -0.397 e. The number of β-amino-alcohol motifs (C(OH)–C–C–N with tert-alkyl or cyclic N) is 1. The maximum absolute atomic E-state index is 12.2. The van der Waals surface area contributed by atoms with Gasteiger partial charge in [0.1, 0.15) is 5.69 Å². The molecular formula is C12H19N3O2. The first-order chi connectivity index (χ1) is 7.80. The molecule has 1 aliphatic heterocycles. The highest BCUT2D eigenvalue weighted by molar-refractivity contribution is 5.94. The number of carbonyl (C=O) groups is 1. The van der Waals surface area contributed by atoms with Crippen molar-refractivity contribution in [3.05, 3.63) is 18.0 Å². The van der Waals surface area contributed by atoms with Crippen molar-refractivity contribution < 1.29 is 9.90 Å². The number of rotatable bonds is 2. The van der Waals surface area contributed by atoms with Crippen LogP contribution in [-0.2, 0) is 0 Å². The summed E-state index contributed by atoms with van der Waals surface area (Å²) in [6.07, 6.45) is 1.77. The highest BCUT2D eigenvalue weighted by Crippen LogP contribution is 2.24. The minimum atomic E-state index is -0.740. The van der Waals surface area contributed by atoms with E-state index in [2.05, 4.69) is 0 Å². The third-order valence-corrected chi connectivity index (χ3v) is 3.00. The molecule has 1 fully saturated rings. The van der Waals surface area contributed by atoms with Crippen LogP contribution in [0.3, 0.4) is 0 Å². The monoisotopic (exact) mass is 237 g/mol. The molecule has 0 unspecified atom stereocenters. The summed E-state index contributed by atoms with van der Waals surface area (Å²) in [4.78, 5) is 13.8. The van der Waals surface area contributed by atoms with E-state index in [1.165, 1.54) is 0 Å². The number of amides is 1. The number of anilines is 1. The molecule has 1 amide bonds. The molecule has 1 saturated heterocycles. The second-order valence-electron chi connectivity index (χ2n) is 5.32. The zero-order chi connectivity index (χ0) is 12.8. The molecule has 1 aromatic heterocycles. The van der Waals surface area contributed by atoms with Gasteiger partial charge in [-0.1, -0.05) is 0 Å². The van der Waals surface area contributed by atoms with Gasteiger partial charge in [-0.3, -0.25) is 4.79 Å². The van der Waals surface area contributed by atoms with Crippen LogP contribution in [0.15, 0.2) is 12.3 Å². The van der Waals surface area contributed by atoms with Crippen LogP contribution < -0.4 is 5.73 Å². The number of carbonyl (C=O) groups excluding carboxylic acids is 1. The summed E-state index contributed by atoms with van der Waals surface area (Å²) >= 11 is 0. The average Bonchev–Trinajstić information content (AvgIpc) is 2.55. The third kappa shape index (κ3) is 2.15. The lowest BCUT2D eigenvalue weighted by atomic mass is 9.96. The summed E-state index contributed by atoms with van der Waals surface area (Å²) in [6.45, 7) is 6.50. The molecule has 1 aliphatic rings. The van der Waals surface area contributed by atoms with E-state index < -0.39 is 5.60 Å². The molecule has 0 atom stereocenters. The first-order valence-electron chi connectivity index (χ1n) is 5.79. The van der Waals surface area contributed by atoms with Gasteiger partial charge in [-0.2, -0.15) is 0 Å². The number of nitrogens with two attached hydrogens (primary N) is 1. The van der Waals surface area contributed by atoms with Gasteiger partial charge >= 0.3 is 0 Å². The third-order valence-electron chi connectivity index (χ3n) is 3.00. The molecular weight excluding hydrogens is 218 g/mol. The number of hydrogen-bond acceptors (Lipinski definition) is 3. The van der Waals surface area contributed by atoms with Crippen LogP contribution in [0.2, 0.25) is 0 Å². The lowest BCUT2D eigenvalue weighted by Gasteiger charge is -2.44. The lowest BCUT2D eigenvalue weighted by Crippen LogP contribution is -2.61. The fourth-order valence-corrected chi connectivity index (χ4v) is 2.18. The lowest BCUT2D eigenvalue weighted by molar-refractivity contribution is -0.0672. The van der Waals surface area contributed by atoms with Crippen LogP contribution in [0.5, 0.6) is 0 Å². The summed E-state index contributed by atoms with van der Waals surface area (Å²) < 4.78 is 1.87. The van der Waals surface area contributed by atoms with Gasteiger partial charge < -0.3 is 20.3 Å². The van der Waals surface area contributed by atoms with Crippen LogP contribution in [0.4, 0.5) is 5.69 Å². The van der Waals surface area contributed by atoms with Crippen LogP contribution >= 0.6 is 0 Å². The Morgan fingerprint density at radius 3 is 2.59 bits per heavy atom. The topological polar surface area (TPSA) is 71.5 Å². The molecule has 0 spiro atoms. The van der Waals surface area contributed by atoms with Gasteiger partial charge in [-0.15, -0.1) is 0 Å². The smallest absolute Gasteiger partial charge is 0.270 e. The van der Waals surface area contributed by atoms with Crippen molar-refractivity contribution in [2.75, 3.05) is 18.8 Å². The Morgan fingerprint density at radius 2 is 2.12 bits per heavy atom. The first-order valence-corrected chi connectivity index (χ1v) is 5.79. The quantitative estimate of drug-likeness (QED) is 0.801. The zero-order valence-corrected chi connectivity index (χ0v) is 10.5. The summed E-state index contributed by atoms with van der Waals surface area (Å²) in [5, 5.41) is 9.64. The molecule has 1 aromatic rings. The second kappa shape index (κ2) is 3.77. The van der Waals surface area contributed by atoms with Gasteiger partial charge in [-0.25, -0.2) is 0 Å². The van der Waals surface area contributed by atoms with Crippen molar-refractivity contribution in [2.24, 2.45) is 0 Å². The van der Waals surface area contributed by atoms with E-state index in [1.807, 2.05) is 18.4 Å². The molecule has 0 radical (unpaired) electrons. The van der Waals surface area contributed by atoms with Crippen LogP contribution in [0.1, 0.15) is 37.3 Å². The molecule has 5 heteroatoms. The summed E-state index contributed by atoms with van der Waals surface area (Å²) in [7, 11) is 0. The van der Waals surface area contributed by atoms with E-state index in [0.717, 1.165) is 0 Å². The summed E-state index contributed by atoms with van der Waals surface area (Å²) in [5.41, 5.74) is 6.17. The van der Waals surface area contributed by atoms with E-state index in [9.17, 15) is 9.90 Å². The fourth-order valence-electron chi connectivity index (χ4n) is 2.18. The number of nitrogen functional groups attached to an aromatic ring is 1. The normalized spacial score (nSPS) is 18.3. The van der Waals surface area contributed by atoms with E-state index in [1.54, 1.807) is 24.1 Å². The van der Waals surface area contributed by atoms with Gasteiger partial charge in [0.2, 0.25) is 0 Å². The Labute approximate surface area is 101 Å². The Morgan fingerprint density at radius 1 is 1.53 bits per heavy atom. The molecule has 2 rings (SSSR count). The summed E-state index contributed by atoms with van der Waals surface area (Å²) in [5.74, 6) is -0.0677. The van der Waals surface area contributed by atoms with E-state index in [4.69, 9.17) is 5.73 Å². The van der Waals surface area contributed by atoms with E-state index in [0.29, 0.717) is 24.5 Å². The molecule has 17 heavy (non-hydrogen) atoms. The van der Waals surface area contributed by atoms with Crippen molar-refractivity contribution >= 4 is 11.6 Å². The van der Waals surface area contributed by atoms with Crippen molar-refractivity contribution in [1.82, 2.24) is 9.47 Å². The number of nitrogens with zero attached hydrogens (tertiary/aromatic N) is 2. The molecule has 0 aliphatic carbocycles. The van der Waals surface area contributed by atoms with Gasteiger partial charge in [-0.05, 0) is 26.8 Å². The molecule has 0 saturated carbocycles. The van der Waals surface area contributed by atoms with Crippen LogP contribution in [0, 0.1) is 0 Å². The first kappa shape index (κ1) is 12.0. The average molecular weight is 237 g/mol. The predicted molar refractivity (Wildman–Crippen MR) is 65.8 cm³/mol.